The predicted octanol–water partition coefficient (Wildman–Crippen LogP) is -4.26. The molecule has 8 N–H and O–H groups in total. The van der Waals surface area contributed by atoms with Gasteiger partial charge in [0.05, 0.1) is 12.7 Å². The van der Waals surface area contributed by atoms with E-state index in [4.69, 9.17) is 36.0 Å². The molecule has 26 heavy (non-hydrogen) atoms. The van der Waals surface area contributed by atoms with Crippen molar-refractivity contribution < 1.29 is 45.0 Å². The zero-order chi connectivity index (χ0) is 20.0. The lowest BCUT2D eigenvalue weighted by atomic mass is 10.2. The topological polar surface area (TPSA) is 239 Å². The van der Waals surface area contributed by atoms with Gasteiger partial charge in [0, 0.05) is 6.42 Å². The van der Waals surface area contributed by atoms with Crippen molar-refractivity contribution in [1.29, 1.82) is 0 Å². The Kier molecular flexibility index (Phi) is 7.54. The SMILES string of the molecule is Nc1ncn([C@H]2C[C@H](O)[C@@H](CO)O2)c(=O)n1.O=C(O)C(O)C(O)C(=O)O. The van der Waals surface area contributed by atoms with E-state index < -0.39 is 48.3 Å². The molecule has 1 fully saturated rings. The summed E-state index contributed by atoms with van der Waals surface area (Å²) in [5, 5.41) is 50.9. The van der Waals surface area contributed by atoms with Gasteiger partial charge in [-0.1, -0.05) is 0 Å². The van der Waals surface area contributed by atoms with Crippen molar-refractivity contribution in [2.75, 3.05) is 12.3 Å². The fourth-order valence-electron chi connectivity index (χ4n) is 1.87. The van der Waals surface area contributed by atoms with Crippen LogP contribution in [0.4, 0.5) is 5.95 Å². The molecule has 1 aromatic heterocycles. The Bertz CT molecular complexity index is 677. The summed E-state index contributed by atoms with van der Waals surface area (Å²) in [7, 11) is 0. The smallest absolute Gasteiger partial charge is 0.354 e. The third-order valence-electron chi connectivity index (χ3n) is 3.24. The van der Waals surface area contributed by atoms with Crippen LogP contribution in [-0.2, 0) is 14.3 Å². The van der Waals surface area contributed by atoms with Crippen LogP contribution in [0.1, 0.15) is 12.6 Å². The first-order chi connectivity index (χ1) is 12.1. The summed E-state index contributed by atoms with van der Waals surface area (Å²) in [4.78, 5) is 38.1. The van der Waals surface area contributed by atoms with Crippen molar-refractivity contribution in [3.8, 4) is 0 Å². The summed E-state index contributed by atoms with van der Waals surface area (Å²) in [6, 6.07) is 0. The number of hydrogen-bond acceptors (Lipinski definition) is 11. The number of rotatable bonds is 5. The molecule has 1 aliphatic heterocycles. The summed E-state index contributed by atoms with van der Waals surface area (Å²) in [6.07, 6.45) is -5.27. The van der Waals surface area contributed by atoms with Crippen LogP contribution < -0.4 is 11.4 Å². The van der Waals surface area contributed by atoms with Crippen LogP contribution in [0.5, 0.6) is 0 Å². The maximum Gasteiger partial charge on any atom is 0.354 e. The van der Waals surface area contributed by atoms with Gasteiger partial charge in [0.1, 0.15) is 18.7 Å². The van der Waals surface area contributed by atoms with Gasteiger partial charge in [0.15, 0.2) is 12.2 Å². The van der Waals surface area contributed by atoms with E-state index in [1.54, 1.807) is 0 Å². The number of ether oxygens (including phenoxy) is 1. The van der Waals surface area contributed by atoms with Crippen LogP contribution >= 0.6 is 0 Å². The van der Waals surface area contributed by atoms with Gasteiger partial charge < -0.3 is 41.1 Å². The molecular weight excluding hydrogens is 360 g/mol. The Hall–Kier alpha value is -2.65. The summed E-state index contributed by atoms with van der Waals surface area (Å²) < 4.78 is 6.41. The van der Waals surface area contributed by atoms with Gasteiger partial charge in [-0.05, 0) is 0 Å². The predicted molar refractivity (Wildman–Crippen MR) is 79.6 cm³/mol. The van der Waals surface area contributed by atoms with Gasteiger partial charge in [-0.25, -0.2) is 19.4 Å². The monoisotopic (exact) mass is 378 g/mol. The van der Waals surface area contributed by atoms with E-state index in [2.05, 4.69) is 9.97 Å². The molecule has 2 rings (SSSR count). The van der Waals surface area contributed by atoms with E-state index in [1.807, 2.05) is 0 Å². The molecule has 0 saturated carbocycles. The first-order valence-electron chi connectivity index (χ1n) is 7.05. The molecule has 0 bridgehead atoms. The number of hydrogen-bond donors (Lipinski definition) is 7. The molecule has 2 heterocycles. The minimum atomic E-state index is -2.27. The minimum Gasteiger partial charge on any atom is -0.479 e. The van der Waals surface area contributed by atoms with E-state index in [1.165, 1.54) is 6.33 Å². The maximum atomic E-state index is 11.4. The lowest BCUT2D eigenvalue weighted by Crippen LogP contribution is -2.39. The molecule has 0 aromatic carbocycles. The van der Waals surface area contributed by atoms with Gasteiger partial charge in [0.2, 0.25) is 5.95 Å². The van der Waals surface area contributed by atoms with Gasteiger partial charge in [-0.3, -0.25) is 4.57 Å². The van der Waals surface area contributed by atoms with Gasteiger partial charge in [-0.15, -0.1) is 0 Å². The molecule has 5 atom stereocenters. The largest absolute Gasteiger partial charge is 0.479 e. The highest BCUT2D eigenvalue weighted by Crippen LogP contribution is 2.26. The first-order valence-corrected chi connectivity index (χ1v) is 7.05. The second kappa shape index (κ2) is 9.16. The summed E-state index contributed by atoms with van der Waals surface area (Å²) in [5.41, 5.74) is 4.65. The zero-order valence-corrected chi connectivity index (χ0v) is 13.1. The zero-order valence-electron chi connectivity index (χ0n) is 13.1. The summed E-state index contributed by atoms with van der Waals surface area (Å²) in [6.45, 7) is -0.303. The quantitative estimate of drug-likeness (QED) is 0.257. The van der Waals surface area contributed by atoms with Gasteiger partial charge >= 0.3 is 17.6 Å². The Morgan fingerprint density at radius 2 is 1.85 bits per heavy atom. The Morgan fingerprint density at radius 1 is 1.31 bits per heavy atom. The molecule has 14 heteroatoms. The molecule has 2 unspecified atom stereocenters. The highest BCUT2D eigenvalue weighted by Gasteiger charge is 2.35. The number of nitrogens with zero attached hydrogens (tertiary/aromatic N) is 3. The Labute approximate surface area is 144 Å². The molecule has 1 aliphatic rings. The fourth-order valence-corrected chi connectivity index (χ4v) is 1.87. The average Bonchev–Trinajstić information content (AvgIpc) is 2.94. The maximum absolute atomic E-state index is 11.4. The van der Waals surface area contributed by atoms with Crippen LogP contribution in [-0.4, -0.2) is 88.1 Å². The number of carboxylic acid groups (broad SMARTS) is 2. The molecule has 1 saturated heterocycles. The number of aliphatic carboxylic acids is 2. The number of nitrogens with two attached hydrogens (primary N) is 1. The molecule has 0 amide bonds. The normalized spacial score (nSPS) is 24.2. The van der Waals surface area contributed by atoms with Crippen LogP contribution in [0.2, 0.25) is 0 Å². The lowest BCUT2D eigenvalue weighted by Gasteiger charge is -2.13. The van der Waals surface area contributed by atoms with Crippen molar-refractivity contribution >= 4 is 17.9 Å². The summed E-state index contributed by atoms with van der Waals surface area (Å²) >= 11 is 0. The van der Waals surface area contributed by atoms with Crippen LogP contribution in [0.3, 0.4) is 0 Å². The molecule has 14 nitrogen and oxygen atoms in total. The molecule has 1 aromatic rings. The van der Waals surface area contributed by atoms with E-state index in [-0.39, 0.29) is 19.0 Å². The standard InChI is InChI=1S/C8H12N4O4.C4H6O6/c9-7-10-3-12(8(15)11-7)6-1-4(14)5(2-13)16-6;5-1(3(7)8)2(6)4(9)10/h3-6,13-14H,1-2H2,(H2,9,11,15);1-2,5-6H,(H,7,8)(H,9,10)/t4-,5+,6+;/m0./s1. The third kappa shape index (κ3) is 5.43. The van der Waals surface area contributed by atoms with Crippen molar-refractivity contribution in [2.24, 2.45) is 0 Å². The average molecular weight is 378 g/mol. The number of aliphatic hydroxyl groups is 4. The minimum absolute atomic E-state index is 0.112. The van der Waals surface area contributed by atoms with E-state index >= 15 is 0 Å². The Morgan fingerprint density at radius 3 is 2.23 bits per heavy atom. The molecule has 0 radical (unpaired) electrons. The van der Waals surface area contributed by atoms with Crippen LogP contribution in [0, 0.1) is 0 Å². The molecule has 0 aliphatic carbocycles. The number of carboxylic acids is 2. The van der Waals surface area contributed by atoms with Crippen LogP contribution in [0.25, 0.3) is 0 Å². The second-order valence-corrected chi connectivity index (χ2v) is 5.09. The van der Waals surface area contributed by atoms with Crippen molar-refractivity contribution in [1.82, 2.24) is 14.5 Å². The highest BCUT2D eigenvalue weighted by molar-refractivity contribution is 5.83. The van der Waals surface area contributed by atoms with Crippen molar-refractivity contribution in [3.63, 3.8) is 0 Å². The second-order valence-electron chi connectivity index (χ2n) is 5.09. The van der Waals surface area contributed by atoms with E-state index in [0.29, 0.717) is 0 Å². The highest BCUT2D eigenvalue weighted by atomic mass is 16.5. The van der Waals surface area contributed by atoms with Crippen molar-refractivity contribution in [2.45, 2.75) is 37.1 Å². The number of anilines is 1. The fraction of sp³-hybridized carbons (Fsp3) is 0.583. The molecule has 0 spiro atoms. The number of aromatic nitrogens is 3. The van der Waals surface area contributed by atoms with E-state index in [9.17, 15) is 19.5 Å². The van der Waals surface area contributed by atoms with Gasteiger partial charge in [-0.2, -0.15) is 4.98 Å². The van der Waals surface area contributed by atoms with E-state index in [0.717, 1.165) is 4.57 Å². The summed E-state index contributed by atoms with van der Waals surface area (Å²) in [5.74, 6) is -3.65. The number of nitrogen functional groups attached to an aromatic ring is 1. The molecule has 146 valence electrons. The lowest BCUT2D eigenvalue weighted by molar-refractivity contribution is -0.165. The van der Waals surface area contributed by atoms with Crippen molar-refractivity contribution in [3.05, 3.63) is 16.8 Å². The first kappa shape index (κ1) is 21.4. The third-order valence-corrected chi connectivity index (χ3v) is 3.24. The number of carbonyl (C=O) groups is 2. The van der Waals surface area contributed by atoms with Crippen LogP contribution in [0.15, 0.2) is 11.1 Å². The molecular formula is C12H18N4O10. The number of aliphatic hydroxyl groups excluding tert-OH is 4. The Balaban J connectivity index is 0.000000294. The van der Waals surface area contributed by atoms with Gasteiger partial charge in [0.25, 0.3) is 0 Å².